The number of thioether (sulfide) groups is 1. The molecule has 0 radical (unpaired) electrons. The van der Waals surface area contributed by atoms with Crippen LogP contribution in [0, 0.1) is 0 Å². The second kappa shape index (κ2) is 8.34. The van der Waals surface area contributed by atoms with Gasteiger partial charge in [-0.25, -0.2) is 10.4 Å². The Bertz CT molecular complexity index is 624. The van der Waals surface area contributed by atoms with Crippen molar-refractivity contribution in [3.05, 3.63) is 59.8 Å². The van der Waals surface area contributed by atoms with E-state index in [1.54, 1.807) is 12.4 Å². The highest BCUT2D eigenvalue weighted by atomic mass is 32.2. The molecule has 0 atom stereocenters. The molecule has 0 aliphatic heterocycles. The highest BCUT2D eigenvalue weighted by Gasteiger charge is 2.02. The number of rotatable bonds is 6. The van der Waals surface area contributed by atoms with Crippen LogP contribution in [0.4, 0.5) is 0 Å². The van der Waals surface area contributed by atoms with Crippen LogP contribution < -0.4 is 5.43 Å². The second-order valence-electron chi connectivity index (χ2n) is 5.07. The van der Waals surface area contributed by atoms with E-state index in [0.717, 1.165) is 10.6 Å². The van der Waals surface area contributed by atoms with E-state index >= 15 is 0 Å². The highest BCUT2D eigenvalue weighted by molar-refractivity contribution is 7.99. The molecular formula is C17H19N3OS. The van der Waals surface area contributed by atoms with Crippen LogP contribution in [0.25, 0.3) is 0 Å². The Morgan fingerprint density at radius 2 is 2.05 bits per heavy atom. The van der Waals surface area contributed by atoms with Crippen molar-refractivity contribution < 1.29 is 4.79 Å². The SMILES string of the molecule is CC(C)c1ccc(/C=N\NC(=O)CSc2ccccn2)cc1. The predicted octanol–water partition coefficient (Wildman–Crippen LogP) is 3.45. The maximum Gasteiger partial charge on any atom is 0.250 e. The number of carbonyl (C=O) groups excluding carboxylic acids is 1. The van der Waals surface area contributed by atoms with Gasteiger partial charge in [-0.1, -0.05) is 55.9 Å². The largest absolute Gasteiger partial charge is 0.272 e. The molecule has 2 aromatic rings. The Kier molecular flexibility index (Phi) is 6.15. The number of hydrazone groups is 1. The van der Waals surface area contributed by atoms with Gasteiger partial charge in [-0.3, -0.25) is 4.79 Å². The number of carbonyl (C=O) groups is 1. The van der Waals surface area contributed by atoms with Gasteiger partial charge in [0.25, 0.3) is 0 Å². The zero-order valence-corrected chi connectivity index (χ0v) is 13.5. The summed E-state index contributed by atoms with van der Waals surface area (Å²) in [4.78, 5) is 15.8. The first-order chi connectivity index (χ1) is 10.6. The number of hydrogen-bond donors (Lipinski definition) is 1. The summed E-state index contributed by atoms with van der Waals surface area (Å²) in [5.74, 6) is 0.653. The van der Waals surface area contributed by atoms with Gasteiger partial charge >= 0.3 is 0 Å². The molecule has 114 valence electrons. The number of pyridine rings is 1. The minimum atomic E-state index is -0.147. The first-order valence-corrected chi connectivity index (χ1v) is 8.09. The molecule has 0 bridgehead atoms. The van der Waals surface area contributed by atoms with E-state index in [1.807, 2.05) is 30.3 Å². The number of nitrogens with zero attached hydrogens (tertiary/aromatic N) is 2. The van der Waals surface area contributed by atoms with Crippen LogP contribution in [-0.2, 0) is 4.79 Å². The molecule has 0 aliphatic carbocycles. The van der Waals surface area contributed by atoms with E-state index < -0.39 is 0 Å². The molecule has 5 heteroatoms. The molecule has 1 amide bonds. The summed E-state index contributed by atoms with van der Waals surface area (Å²) in [6, 6.07) is 13.7. The molecule has 1 aromatic heterocycles. The van der Waals surface area contributed by atoms with Crippen molar-refractivity contribution in [1.29, 1.82) is 0 Å². The van der Waals surface area contributed by atoms with Crippen LogP contribution in [0.15, 0.2) is 58.8 Å². The van der Waals surface area contributed by atoms with Crippen LogP contribution >= 0.6 is 11.8 Å². The number of nitrogens with one attached hydrogen (secondary N) is 1. The third kappa shape index (κ3) is 5.33. The zero-order valence-electron chi connectivity index (χ0n) is 12.7. The third-order valence-corrected chi connectivity index (χ3v) is 3.94. The second-order valence-corrected chi connectivity index (χ2v) is 6.07. The molecule has 0 spiro atoms. The first kappa shape index (κ1) is 16.2. The molecule has 0 saturated heterocycles. The maximum absolute atomic E-state index is 11.7. The zero-order chi connectivity index (χ0) is 15.8. The molecule has 1 heterocycles. The van der Waals surface area contributed by atoms with Crippen LogP contribution in [0.5, 0.6) is 0 Å². The normalized spacial score (nSPS) is 11.0. The lowest BCUT2D eigenvalue weighted by Gasteiger charge is -2.04. The highest BCUT2D eigenvalue weighted by Crippen LogP contribution is 2.14. The van der Waals surface area contributed by atoms with E-state index in [0.29, 0.717) is 11.7 Å². The minimum Gasteiger partial charge on any atom is -0.272 e. The Balaban J connectivity index is 1.78. The summed E-state index contributed by atoms with van der Waals surface area (Å²) in [5.41, 5.74) is 4.77. The maximum atomic E-state index is 11.7. The molecule has 4 nitrogen and oxygen atoms in total. The Morgan fingerprint density at radius 1 is 1.27 bits per heavy atom. The van der Waals surface area contributed by atoms with Gasteiger partial charge in [0.1, 0.15) is 0 Å². The minimum absolute atomic E-state index is 0.147. The molecule has 0 unspecified atom stereocenters. The van der Waals surface area contributed by atoms with E-state index in [9.17, 15) is 4.79 Å². The van der Waals surface area contributed by atoms with Crippen molar-refractivity contribution in [2.75, 3.05) is 5.75 Å². The number of aromatic nitrogens is 1. The van der Waals surface area contributed by atoms with Crippen LogP contribution in [-0.4, -0.2) is 22.9 Å². The lowest BCUT2D eigenvalue weighted by Crippen LogP contribution is -2.19. The van der Waals surface area contributed by atoms with Gasteiger partial charge in [0.2, 0.25) is 5.91 Å². The first-order valence-electron chi connectivity index (χ1n) is 7.11. The topological polar surface area (TPSA) is 54.4 Å². The number of benzene rings is 1. The fraction of sp³-hybridized carbons (Fsp3) is 0.235. The van der Waals surface area contributed by atoms with E-state index in [1.165, 1.54) is 17.3 Å². The van der Waals surface area contributed by atoms with Crippen molar-refractivity contribution in [1.82, 2.24) is 10.4 Å². The van der Waals surface area contributed by atoms with Crippen LogP contribution in [0.3, 0.4) is 0 Å². The Hall–Kier alpha value is -2.14. The lowest BCUT2D eigenvalue weighted by atomic mass is 10.0. The smallest absolute Gasteiger partial charge is 0.250 e. The Morgan fingerprint density at radius 3 is 2.68 bits per heavy atom. The van der Waals surface area contributed by atoms with Crippen LogP contribution in [0.2, 0.25) is 0 Å². The molecule has 1 N–H and O–H groups in total. The average Bonchev–Trinajstić information content (AvgIpc) is 2.54. The number of amides is 1. The van der Waals surface area contributed by atoms with Gasteiger partial charge in [-0.2, -0.15) is 5.10 Å². The van der Waals surface area contributed by atoms with Gasteiger partial charge in [0.15, 0.2) is 0 Å². The van der Waals surface area contributed by atoms with Gasteiger partial charge < -0.3 is 0 Å². The summed E-state index contributed by atoms with van der Waals surface area (Å²) in [6.07, 6.45) is 3.35. The molecule has 0 fully saturated rings. The van der Waals surface area contributed by atoms with Crippen LogP contribution in [0.1, 0.15) is 30.9 Å². The Labute approximate surface area is 135 Å². The van der Waals surface area contributed by atoms with Gasteiger partial charge in [-0.15, -0.1) is 0 Å². The average molecular weight is 313 g/mol. The summed E-state index contributed by atoms with van der Waals surface area (Å²) in [7, 11) is 0. The summed E-state index contributed by atoms with van der Waals surface area (Å²) in [6.45, 7) is 4.31. The van der Waals surface area contributed by atoms with Crippen molar-refractivity contribution in [2.45, 2.75) is 24.8 Å². The van der Waals surface area contributed by atoms with E-state index in [4.69, 9.17) is 0 Å². The fourth-order valence-corrected chi connectivity index (χ4v) is 2.40. The fourth-order valence-electron chi connectivity index (χ4n) is 1.75. The van der Waals surface area contributed by atoms with Gasteiger partial charge in [-0.05, 0) is 29.2 Å². The summed E-state index contributed by atoms with van der Waals surface area (Å²) >= 11 is 1.38. The molecule has 0 aliphatic rings. The van der Waals surface area contributed by atoms with E-state index in [-0.39, 0.29) is 5.91 Å². The standard InChI is InChI=1S/C17H19N3OS/c1-13(2)15-8-6-14(7-9-15)11-19-20-16(21)12-22-17-5-3-4-10-18-17/h3-11,13H,12H2,1-2H3,(H,20,21)/b19-11-. The lowest BCUT2D eigenvalue weighted by molar-refractivity contribution is -0.118. The molecule has 1 aromatic carbocycles. The summed E-state index contributed by atoms with van der Waals surface area (Å²) < 4.78 is 0. The molecule has 22 heavy (non-hydrogen) atoms. The van der Waals surface area contributed by atoms with Gasteiger partial charge in [0.05, 0.1) is 17.0 Å². The monoisotopic (exact) mass is 313 g/mol. The molecule has 2 rings (SSSR count). The third-order valence-electron chi connectivity index (χ3n) is 2.99. The molecule has 0 saturated carbocycles. The van der Waals surface area contributed by atoms with Crippen molar-refractivity contribution in [3.8, 4) is 0 Å². The predicted molar refractivity (Wildman–Crippen MR) is 91.2 cm³/mol. The van der Waals surface area contributed by atoms with Gasteiger partial charge in [0, 0.05) is 6.20 Å². The quantitative estimate of drug-likeness (QED) is 0.505. The number of hydrogen-bond acceptors (Lipinski definition) is 4. The van der Waals surface area contributed by atoms with E-state index in [2.05, 4.69) is 41.5 Å². The molecular weight excluding hydrogens is 294 g/mol. The van der Waals surface area contributed by atoms with Crippen molar-refractivity contribution >= 4 is 23.9 Å². The van der Waals surface area contributed by atoms with Crippen molar-refractivity contribution in [3.63, 3.8) is 0 Å². The summed E-state index contributed by atoms with van der Waals surface area (Å²) in [5, 5.41) is 4.79. The van der Waals surface area contributed by atoms with Crippen molar-refractivity contribution in [2.24, 2.45) is 5.10 Å².